The van der Waals surface area contributed by atoms with Crippen LogP contribution in [0, 0.1) is 174 Å². The fraction of sp³-hybridized carbons (Fsp3) is 0.811. The fourth-order valence-electron chi connectivity index (χ4n) is 34.2. The van der Waals surface area contributed by atoms with E-state index in [-0.39, 0.29) is 78.7 Å². The van der Waals surface area contributed by atoms with E-state index in [4.69, 9.17) is 14.2 Å². The highest BCUT2D eigenvalue weighted by molar-refractivity contribution is 5.94. The molecule has 101 heavy (non-hydrogen) atoms. The summed E-state index contributed by atoms with van der Waals surface area (Å²) in [4.78, 5) is 85.1. The van der Waals surface area contributed by atoms with E-state index in [2.05, 4.69) is 85.8 Å². The molecular formula is C90H116O11. The van der Waals surface area contributed by atoms with E-state index < -0.39 is 0 Å². The van der Waals surface area contributed by atoms with Crippen molar-refractivity contribution in [2.45, 2.75) is 277 Å². The molecule has 24 aliphatic rings. The number of ether oxygens (including phenoxy) is 3. The number of hydrogen-bond donors (Lipinski definition) is 1. The molecule has 3 saturated heterocycles. The third-order valence-electron chi connectivity index (χ3n) is 39.1. The molecule has 34 atom stereocenters. The fourth-order valence-corrected chi connectivity index (χ4v) is 34.2. The molecule has 0 bridgehead atoms. The van der Waals surface area contributed by atoms with Gasteiger partial charge in [0.15, 0.2) is 11.6 Å². The van der Waals surface area contributed by atoms with Gasteiger partial charge in [0.1, 0.15) is 28.4 Å². The molecule has 21 aliphatic carbocycles. The summed E-state index contributed by atoms with van der Waals surface area (Å²) in [6.07, 6.45) is 45.6. The first-order chi connectivity index (χ1) is 48.1. The maximum absolute atomic E-state index is 12.7. The zero-order valence-electron chi connectivity index (χ0n) is 62.2. The van der Waals surface area contributed by atoms with Crippen molar-refractivity contribution in [3.05, 3.63) is 58.7 Å². The lowest BCUT2D eigenvalue weighted by atomic mass is 9.45. The highest BCUT2D eigenvalue weighted by atomic mass is 16.6. The molecule has 0 aromatic heterocycles. The van der Waals surface area contributed by atoms with E-state index in [0.717, 1.165) is 154 Å². The van der Waals surface area contributed by atoms with Crippen molar-refractivity contribution in [3.8, 4) is 0 Å². The van der Waals surface area contributed by atoms with Crippen molar-refractivity contribution in [2.24, 2.45) is 174 Å². The third-order valence-corrected chi connectivity index (χ3v) is 39.1. The van der Waals surface area contributed by atoms with Gasteiger partial charge in [-0.25, -0.2) is 0 Å². The minimum Gasteiger partial charge on any atom is -0.458 e. The van der Waals surface area contributed by atoms with Crippen LogP contribution in [0.5, 0.6) is 0 Å². The Morgan fingerprint density at radius 3 is 1.54 bits per heavy atom. The van der Waals surface area contributed by atoms with Gasteiger partial charge < -0.3 is 19.3 Å². The van der Waals surface area contributed by atoms with Gasteiger partial charge in [-0.1, -0.05) is 96.4 Å². The van der Waals surface area contributed by atoms with Crippen LogP contribution in [0.15, 0.2) is 58.7 Å². The lowest BCUT2D eigenvalue weighted by Crippen LogP contribution is -2.57. The number of hydrogen-bond acceptors (Lipinski definition) is 11. The first-order valence-corrected chi connectivity index (χ1v) is 42.1. The van der Waals surface area contributed by atoms with Crippen molar-refractivity contribution in [3.63, 3.8) is 0 Å². The van der Waals surface area contributed by atoms with Gasteiger partial charge in [0.2, 0.25) is 0 Å². The van der Waals surface area contributed by atoms with E-state index in [1.54, 1.807) is 0 Å². The second kappa shape index (κ2) is 20.7. The molecule has 1 N–H and O–H groups in total. The van der Waals surface area contributed by atoms with Crippen LogP contribution in [0.4, 0.5) is 0 Å². The van der Waals surface area contributed by atoms with Crippen molar-refractivity contribution in [2.75, 3.05) is 0 Å². The summed E-state index contributed by atoms with van der Waals surface area (Å²) in [5, 5.41) is 10.0. The topological polar surface area (TPSA) is 167 Å². The van der Waals surface area contributed by atoms with E-state index in [1.807, 2.05) is 6.08 Å². The summed E-state index contributed by atoms with van der Waals surface area (Å²) >= 11 is 0. The predicted octanol–water partition coefficient (Wildman–Crippen LogP) is 16.7. The average Bonchev–Trinajstić information content (AvgIpc) is 1.52. The zero-order chi connectivity index (χ0) is 69.4. The first-order valence-electron chi connectivity index (χ1n) is 42.1. The third kappa shape index (κ3) is 8.18. The van der Waals surface area contributed by atoms with Crippen molar-refractivity contribution >= 4 is 41.0 Å². The Bertz CT molecular complexity index is 3940. The Labute approximate surface area is 600 Å². The molecule has 0 aromatic rings. The van der Waals surface area contributed by atoms with Gasteiger partial charge in [-0.15, -0.1) is 0 Å². The standard InChI is InChI=1S/C24H30O3.C23H30O3.C23H28O3.C20H28O2/c1-22-6-3-12(25)9-17(22)13-10-14(13)20-16(22)4-7-23(2)21(20)15-11-18(15)24(23)8-5-19(26)27-24;2*1-21-8-5-14(24)11-13(21)3-4-15-17(21)6-9-22(2)20(15)16-12-18(16)23(22)10-7-19(25)26-23;1-19-7-5-12(21)9-11(19)3-4-13-16(19)6-8-20(2)17(13)14-10-15(14)18(20)22/h9,13-16,18,20-21H,3-8,10-11H2,1-2H3;3,15-18,20H,4-12H2,1-2H3;3-4,11,15-18,20H,5-10,12H2,1-2H3;3,12-17,21H,4-10H2,1-2H3/t13-,14?,15-,16?,18?,20?,21?,22-,23+,24+;2*15?,16-,17?,18?,20?,21+,22+,23+;12-,13?,14+,15?,16?,17?,19-,20-/m1110/s1. The van der Waals surface area contributed by atoms with Crippen molar-refractivity contribution in [1.29, 1.82) is 0 Å². The highest BCUT2D eigenvalue weighted by Crippen LogP contribution is 2.85. The van der Waals surface area contributed by atoms with Gasteiger partial charge >= 0.3 is 17.9 Å². The Balaban J connectivity index is 0.0000000881. The van der Waals surface area contributed by atoms with Crippen LogP contribution in [-0.4, -0.2) is 69.1 Å². The van der Waals surface area contributed by atoms with Gasteiger partial charge in [-0.3, -0.25) is 33.6 Å². The zero-order valence-corrected chi connectivity index (χ0v) is 62.2. The normalized spacial score (nSPS) is 58.6. The van der Waals surface area contributed by atoms with Gasteiger partial charge in [0.05, 0.1) is 6.10 Å². The molecule has 542 valence electrons. The first kappa shape index (κ1) is 65.1. The molecule has 17 unspecified atom stereocenters. The molecule has 0 amide bonds. The van der Waals surface area contributed by atoms with Crippen LogP contribution < -0.4 is 0 Å². The summed E-state index contributed by atoms with van der Waals surface area (Å²) in [6, 6.07) is 0. The summed E-state index contributed by atoms with van der Waals surface area (Å²) in [5.41, 5.74) is 6.82. The minimum absolute atomic E-state index is 0.00460. The van der Waals surface area contributed by atoms with Crippen LogP contribution in [0.3, 0.4) is 0 Å². The lowest BCUT2D eigenvalue weighted by Gasteiger charge is -2.60. The van der Waals surface area contributed by atoms with Crippen LogP contribution in [-0.2, 0) is 47.8 Å². The summed E-state index contributed by atoms with van der Waals surface area (Å²) in [6.45, 7) is 19.5. The van der Waals surface area contributed by atoms with Crippen LogP contribution >= 0.6 is 0 Å². The predicted molar refractivity (Wildman–Crippen MR) is 379 cm³/mol. The van der Waals surface area contributed by atoms with Gasteiger partial charge in [-0.2, -0.15) is 0 Å². The van der Waals surface area contributed by atoms with E-state index in [1.165, 1.54) is 106 Å². The molecular weight excluding hydrogens is 1260 g/mol. The van der Waals surface area contributed by atoms with E-state index in [0.29, 0.717) is 120 Å². The smallest absolute Gasteiger partial charge is 0.306 e. The maximum atomic E-state index is 12.7. The van der Waals surface area contributed by atoms with Crippen LogP contribution in [0.1, 0.15) is 254 Å². The largest absolute Gasteiger partial charge is 0.458 e. The number of Topliss-reactive ketones (excluding diaryl/α,β-unsaturated/α-hetero) is 2. The Hall–Kier alpha value is -4.25. The molecule has 11 heteroatoms. The average molecular weight is 1370 g/mol. The molecule has 11 nitrogen and oxygen atoms in total. The van der Waals surface area contributed by atoms with Crippen LogP contribution in [0.25, 0.3) is 0 Å². The number of allylic oxidation sites excluding steroid dienone is 8. The quantitative estimate of drug-likeness (QED) is 0.139. The van der Waals surface area contributed by atoms with Crippen LogP contribution in [0.2, 0.25) is 0 Å². The molecule has 3 spiro atoms. The maximum Gasteiger partial charge on any atom is 0.306 e. The number of aliphatic hydroxyl groups is 1. The van der Waals surface area contributed by atoms with Gasteiger partial charge in [0, 0.05) is 90.3 Å². The molecule has 0 aromatic carbocycles. The second-order valence-electron chi connectivity index (χ2n) is 42.0. The molecule has 16 saturated carbocycles. The Morgan fingerprint density at radius 1 is 0.406 bits per heavy atom. The molecule has 24 rings (SSSR count). The molecule has 3 heterocycles. The molecule has 3 aliphatic heterocycles. The summed E-state index contributed by atoms with van der Waals surface area (Å²) < 4.78 is 18.5. The molecule has 0 radical (unpaired) electrons. The Kier molecular flexibility index (Phi) is 13.3. The number of rotatable bonds is 0. The summed E-state index contributed by atoms with van der Waals surface area (Å²) in [7, 11) is 0. The van der Waals surface area contributed by atoms with E-state index in [9.17, 15) is 38.7 Å². The Morgan fingerprint density at radius 2 is 0.911 bits per heavy atom. The SMILES string of the molecule is C[C@]12CCC(=O)C=C1C=CC1C2CC[C@@]2(C)C1[C@@H]1CC1[C@@]21CCC(=O)O1.C[C@]12CCC(=O)C=C1[C@@H]1CC1C1C2CC[C@@]2(C)C1[C@@H]1CC1[C@@]21CCC(=O)O1.C[C@]12CCC(=O)CC1=CCC1C2CC[C@@]2(C)C1[C@@H]1CC1[C@@]21CCC(=O)O1.C[C@]12CC[C@H](O)CC1=CCC1C2CC[C@]2(C)C(=O)C3C[C@H]3C12. The molecule has 19 fully saturated rings. The monoisotopic (exact) mass is 1370 g/mol. The number of aliphatic hydroxyl groups excluding tert-OH is 1. The second-order valence-corrected chi connectivity index (χ2v) is 42.0. The lowest BCUT2D eigenvalue weighted by molar-refractivity contribution is -0.177. The number of carbonyl (C=O) groups is 7. The number of carbonyl (C=O) groups excluding carboxylic acids is 7. The van der Waals surface area contributed by atoms with E-state index >= 15 is 0 Å². The van der Waals surface area contributed by atoms with Gasteiger partial charge in [-0.05, 0) is 300 Å². The van der Waals surface area contributed by atoms with Crippen molar-refractivity contribution in [1.82, 2.24) is 0 Å². The number of esters is 3. The number of fused-ring (bicyclic) bond motifs is 37. The summed E-state index contributed by atoms with van der Waals surface area (Å²) in [5.74, 6) is 17.1. The highest BCUT2D eigenvalue weighted by Gasteiger charge is 2.83. The van der Waals surface area contributed by atoms with Gasteiger partial charge in [0.25, 0.3) is 0 Å². The minimum atomic E-state index is -0.169. The van der Waals surface area contributed by atoms with Crippen molar-refractivity contribution < 1.29 is 52.9 Å². The number of ketones is 4.